The maximum atomic E-state index is 14.2. The lowest BCUT2D eigenvalue weighted by Gasteiger charge is -2.21. The number of hydrogen-bond donors (Lipinski definition) is 1. The van der Waals surface area contributed by atoms with Gasteiger partial charge in [-0.1, -0.05) is 0 Å². The second-order valence-corrected chi connectivity index (χ2v) is 7.76. The normalized spacial score (nSPS) is 15.2. The topological polar surface area (TPSA) is 83.8 Å². The van der Waals surface area contributed by atoms with E-state index in [1.54, 1.807) is 18.6 Å². The molecule has 158 valence electrons. The van der Waals surface area contributed by atoms with Crippen LogP contribution in [0, 0.1) is 5.82 Å². The Hall–Kier alpha value is -3.68. The van der Waals surface area contributed by atoms with E-state index in [0.717, 1.165) is 39.3 Å². The molecule has 0 amide bonds. The van der Waals surface area contributed by atoms with Crippen LogP contribution in [0.2, 0.25) is 0 Å². The molecule has 0 saturated heterocycles. The van der Waals surface area contributed by atoms with Gasteiger partial charge in [0.1, 0.15) is 11.9 Å². The molecule has 7 nitrogen and oxygen atoms in total. The van der Waals surface area contributed by atoms with Crippen molar-refractivity contribution >= 4 is 5.82 Å². The lowest BCUT2D eigenvalue weighted by atomic mass is 9.96. The van der Waals surface area contributed by atoms with Crippen LogP contribution in [0.15, 0.2) is 43.0 Å². The molecule has 1 atom stereocenters. The predicted octanol–water partition coefficient (Wildman–Crippen LogP) is 4.13. The first-order valence-corrected chi connectivity index (χ1v) is 10.2. The molecule has 0 radical (unpaired) electrons. The lowest BCUT2D eigenvalue weighted by molar-refractivity contribution is 0.227. The van der Waals surface area contributed by atoms with Gasteiger partial charge in [-0.05, 0) is 38.1 Å². The van der Waals surface area contributed by atoms with Crippen molar-refractivity contribution in [3.63, 3.8) is 0 Å². The average molecular weight is 418 g/mol. The summed E-state index contributed by atoms with van der Waals surface area (Å²) in [5.41, 5.74) is 12.4. The minimum Gasteiger partial charge on any atom is -0.482 e. The number of ether oxygens (including phenoxy) is 1. The Kier molecular flexibility index (Phi) is 4.50. The number of halogens is 1. The number of pyridine rings is 1. The van der Waals surface area contributed by atoms with Gasteiger partial charge in [0.15, 0.2) is 11.6 Å². The standard InChI is InChI=1S/C23H23FN6O/c1-4-30-21-14(11-28-30)7-19-22(29(3)12-27-19)17-6-5-16(24)9-18(17)13(2)31-20-8-15(21)10-26-23(20)25/h5-6,8-13H,4,7H2,1-3H3,(H2,25,26)/t13-/m1/s1. The van der Waals surface area contributed by atoms with Crippen molar-refractivity contribution in [2.75, 3.05) is 5.73 Å². The van der Waals surface area contributed by atoms with Crippen LogP contribution in [0.4, 0.5) is 10.2 Å². The Morgan fingerprint density at radius 3 is 2.84 bits per heavy atom. The van der Waals surface area contributed by atoms with Crippen LogP contribution in [0.25, 0.3) is 22.5 Å². The van der Waals surface area contributed by atoms with Gasteiger partial charge in [0, 0.05) is 48.5 Å². The number of benzene rings is 1. The number of hydrogen-bond acceptors (Lipinski definition) is 5. The number of nitrogen functional groups attached to an aromatic ring is 1. The van der Waals surface area contributed by atoms with Gasteiger partial charge < -0.3 is 15.0 Å². The Labute approximate surface area is 179 Å². The molecule has 3 aromatic heterocycles. The largest absolute Gasteiger partial charge is 0.482 e. The fourth-order valence-corrected chi connectivity index (χ4v) is 4.28. The zero-order valence-electron chi connectivity index (χ0n) is 17.6. The first-order valence-electron chi connectivity index (χ1n) is 10.2. The summed E-state index contributed by atoms with van der Waals surface area (Å²) >= 11 is 0. The summed E-state index contributed by atoms with van der Waals surface area (Å²) < 4.78 is 24.4. The van der Waals surface area contributed by atoms with E-state index in [2.05, 4.69) is 15.1 Å². The highest BCUT2D eigenvalue weighted by Gasteiger charge is 2.24. The Morgan fingerprint density at radius 2 is 2.03 bits per heavy atom. The molecule has 8 heteroatoms. The van der Waals surface area contributed by atoms with E-state index in [0.29, 0.717) is 18.7 Å². The molecule has 0 saturated carbocycles. The molecule has 0 unspecified atom stereocenters. The average Bonchev–Trinajstić information content (AvgIpc) is 3.32. The first-order chi connectivity index (χ1) is 15.0. The van der Waals surface area contributed by atoms with E-state index in [-0.39, 0.29) is 11.6 Å². The van der Waals surface area contributed by atoms with Gasteiger partial charge in [0.25, 0.3) is 0 Å². The predicted molar refractivity (Wildman–Crippen MR) is 116 cm³/mol. The summed E-state index contributed by atoms with van der Waals surface area (Å²) in [5, 5.41) is 4.57. The molecule has 1 aromatic carbocycles. The molecule has 1 aliphatic heterocycles. The smallest absolute Gasteiger partial charge is 0.166 e. The van der Waals surface area contributed by atoms with Crippen LogP contribution in [0.3, 0.4) is 0 Å². The van der Waals surface area contributed by atoms with Crippen LogP contribution in [0.1, 0.15) is 36.8 Å². The maximum absolute atomic E-state index is 14.2. The first kappa shape index (κ1) is 19.3. The monoisotopic (exact) mass is 418 g/mol. The fraction of sp³-hybridized carbons (Fsp3) is 0.261. The molecule has 4 heterocycles. The molecule has 4 aromatic rings. The van der Waals surface area contributed by atoms with E-state index in [9.17, 15) is 4.39 Å². The van der Waals surface area contributed by atoms with Crippen LogP contribution in [-0.4, -0.2) is 24.3 Å². The van der Waals surface area contributed by atoms with Crippen LogP contribution >= 0.6 is 0 Å². The number of nitrogens with zero attached hydrogens (tertiary/aromatic N) is 5. The Balaban J connectivity index is 1.82. The lowest BCUT2D eigenvalue weighted by Crippen LogP contribution is -2.10. The molecular formula is C23H23FN6O. The highest BCUT2D eigenvalue weighted by atomic mass is 19.1. The molecule has 2 N–H and O–H groups in total. The molecule has 0 aliphatic carbocycles. The van der Waals surface area contributed by atoms with E-state index in [1.807, 2.05) is 42.4 Å². The van der Waals surface area contributed by atoms with Crippen molar-refractivity contribution in [2.24, 2.45) is 7.05 Å². The minimum absolute atomic E-state index is 0.288. The van der Waals surface area contributed by atoms with Gasteiger partial charge in [-0.15, -0.1) is 0 Å². The minimum atomic E-state index is -0.456. The van der Waals surface area contributed by atoms with Crippen molar-refractivity contribution in [3.8, 4) is 28.3 Å². The quantitative estimate of drug-likeness (QED) is 0.502. The van der Waals surface area contributed by atoms with Crippen molar-refractivity contribution < 1.29 is 9.13 Å². The number of nitrogens with two attached hydrogens (primary N) is 1. The second-order valence-electron chi connectivity index (χ2n) is 7.76. The van der Waals surface area contributed by atoms with Crippen LogP contribution in [0.5, 0.6) is 5.75 Å². The fourth-order valence-electron chi connectivity index (χ4n) is 4.28. The van der Waals surface area contributed by atoms with Crippen LogP contribution in [-0.2, 0) is 20.0 Å². The number of anilines is 1. The van der Waals surface area contributed by atoms with Gasteiger partial charge in [-0.25, -0.2) is 14.4 Å². The summed E-state index contributed by atoms with van der Waals surface area (Å²) in [6.45, 7) is 4.64. The third-order valence-corrected chi connectivity index (χ3v) is 5.75. The van der Waals surface area contributed by atoms with E-state index >= 15 is 0 Å². The third-order valence-electron chi connectivity index (χ3n) is 5.75. The highest BCUT2D eigenvalue weighted by Crippen LogP contribution is 2.38. The number of fused-ring (bicyclic) bond motifs is 7. The Morgan fingerprint density at radius 1 is 1.19 bits per heavy atom. The zero-order chi connectivity index (χ0) is 21.7. The maximum Gasteiger partial charge on any atom is 0.166 e. The van der Waals surface area contributed by atoms with Crippen molar-refractivity contribution in [1.29, 1.82) is 0 Å². The number of aryl methyl sites for hydroxylation is 2. The second kappa shape index (κ2) is 7.23. The zero-order valence-corrected chi connectivity index (χ0v) is 17.6. The molecule has 31 heavy (non-hydrogen) atoms. The molecule has 5 rings (SSSR count). The van der Waals surface area contributed by atoms with Gasteiger partial charge in [-0.3, -0.25) is 4.68 Å². The van der Waals surface area contributed by atoms with Gasteiger partial charge in [0.05, 0.1) is 29.6 Å². The van der Waals surface area contributed by atoms with Gasteiger partial charge in [0.2, 0.25) is 0 Å². The van der Waals surface area contributed by atoms with Gasteiger partial charge in [-0.2, -0.15) is 5.10 Å². The molecule has 0 spiro atoms. The number of aromatic nitrogens is 5. The van der Waals surface area contributed by atoms with E-state index in [1.165, 1.54) is 12.1 Å². The Bertz CT molecular complexity index is 1290. The number of rotatable bonds is 1. The summed E-state index contributed by atoms with van der Waals surface area (Å²) in [6, 6.07) is 6.64. The molecule has 0 fully saturated rings. The third kappa shape index (κ3) is 3.15. The summed E-state index contributed by atoms with van der Waals surface area (Å²) in [4.78, 5) is 9.02. The molecule has 1 aliphatic rings. The summed E-state index contributed by atoms with van der Waals surface area (Å²) in [6.07, 6.45) is 5.51. The summed E-state index contributed by atoms with van der Waals surface area (Å²) in [7, 11) is 1.94. The van der Waals surface area contributed by atoms with Crippen LogP contribution < -0.4 is 10.5 Å². The van der Waals surface area contributed by atoms with Crippen molar-refractivity contribution in [3.05, 3.63) is 65.6 Å². The summed E-state index contributed by atoms with van der Waals surface area (Å²) in [5.74, 6) is 0.424. The van der Waals surface area contributed by atoms with E-state index in [4.69, 9.17) is 10.5 Å². The van der Waals surface area contributed by atoms with Crippen molar-refractivity contribution in [2.45, 2.75) is 32.9 Å². The molecule has 2 bridgehead atoms. The van der Waals surface area contributed by atoms with Crippen molar-refractivity contribution in [1.82, 2.24) is 24.3 Å². The van der Waals surface area contributed by atoms with Gasteiger partial charge >= 0.3 is 0 Å². The van der Waals surface area contributed by atoms with E-state index < -0.39 is 6.10 Å². The molecular weight excluding hydrogens is 395 g/mol. The SMILES string of the molecule is CCn1ncc2c1-c1cnc(N)c(c1)O[C@H](C)c1cc(F)ccc1-c1c(ncn1C)C2. The number of imidazole rings is 1. The highest BCUT2D eigenvalue weighted by molar-refractivity contribution is 5.71.